The van der Waals surface area contributed by atoms with Gasteiger partial charge >= 0.3 is 0 Å². The Balaban J connectivity index is 0.984. The zero-order valence-corrected chi connectivity index (χ0v) is 28.2. The third-order valence-corrected chi connectivity index (χ3v) is 11.0. The molecule has 10 rings (SSSR count). The smallest absolute Gasteiger partial charge is 0.0541 e. The molecule has 0 saturated carbocycles. The van der Waals surface area contributed by atoms with E-state index in [1.807, 2.05) is 0 Å². The summed E-state index contributed by atoms with van der Waals surface area (Å²) in [6.07, 6.45) is 0. The Morgan fingerprint density at radius 2 is 0.840 bits per heavy atom. The summed E-state index contributed by atoms with van der Waals surface area (Å²) in [5, 5.41) is 5.11. The van der Waals surface area contributed by atoms with E-state index in [2.05, 4.69) is 194 Å². The van der Waals surface area contributed by atoms with Crippen molar-refractivity contribution >= 4 is 32.6 Å². The van der Waals surface area contributed by atoms with E-state index in [1.54, 1.807) is 0 Å². The second kappa shape index (κ2) is 10.9. The second-order valence-electron chi connectivity index (χ2n) is 14.2. The lowest BCUT2D eigenvalue weighted by molar-refractivity contribution is 0.661. The minimum atomic E-state index is -0.116. The van der Waals surface area contributed by atoms with E-state index in [9.17, 15) is 0 Å². The van der Waals surface area contributed by atoms with Crippen molar-refractivity contribution in [2.24, 2.45) is 0 Å². The number of nitrogens with zero attached hydrogens (tertiary/aromatic N) is 1. The molecule has 0 spiro atoms. The van der Waals surface area contributed by atoms with Gasteiger partial charge < -0.3 is 4.57 Å². The number of para-hydroxylation sites is 2. The molecule has 1 heteroatoms. The van der Waals surface area contributed by atoms with Gasteiger partial charge in [-0.25, -0.2) is 0 Å². The second-order valence-corrected chi connectivity index (χ2v) is 14.2. The van der Waals surface area contributed by atoms with Crippen molar-refractivity contribution in [3.05, 3.63) is 187 Å². The van der Waals surface area contributed by atoms with Crippen LogP contribution in [-0.2, 0) is 5.41 Å². The molecule has 0 unspecified atom stereocenters. The van der Waals surface area contributed by atoms with Gasteiger partial charge in [-0.3, -0.25) is 0 Å². The molecule has 0 radical (unpaired) electrons. The van der Waals surface area contributed by atoms with Gasteiger partial charge in [0.05, 0.1) is 11.0 Å². The molecule has 1 aromatic heterocycles. The highest BCUT2D eigenvalue weighted by Gasteiger charge is 2.36. The standard InChI is InChI=1S/C49H35N/c1-49(2)45-30-38(33-20-24-40(25-21-33)50-47-16-7-5-14-43(47)44-15-6-8-17-48(44)50)22-26-41(45)42-27-23-39(31-46(42)49)36-13-9-12-35(29-36)37-19-18-32-10-3-4-11-34(32)28-37/h3-31H,1-2H3. The molecule has 0 aliphatic heterocycles. The van der Waals surface area contributed by atoms with Crippen LogP contribution in [0.1, 0.15) is 25.0 Å². The lowest BCUT2D eigenvalue weighted by atomic mass is 9.80. The van der Waals surface area contributed by atoms with E-state index in [4.69, 9.17) is 0 Å². The average molecular weight is 638 g/mol. The first-order chi connectivity index (χ1) is 24.5. The van der Waals surface area contributed by atoms with Gasteiger partial charge in [0.15, 0.2) is 0 Å². The molecule has 1 aliphatic carbocycles. The normalized spacial score (nSPS) is 13.2. The van der Waals surface area contributed by atoms with E-state index in [0.717, 1.165) is 0 Å². The fourth-order valence-corrected chi connectivity index (χ4v) is 8.35. The fraction of sp³-hybridized carbons (Fsp3) is 0.0612. The van der Waals surface area contributed by atoms with Crippen LogP contribution in [-0.4, -0.2) is 4.57 Å². The molecule has 1 heterocycles. The third kappa shape index (κ3) is 4.40. The Kier molecular flexibility index (Phi) is 6.29. The van der Waals surface area contributed by atoms with Crippen LogP contribution >= 0.6 is 0 Å². The van der Waals surface area contributed by atoms with E-state index in [-0.39, 0.29) is 5.41 Å². The Hall–Kier alpha value is -6.18. The average Bonchev–Trinajstić information content (AvgIpc) is 3.63. The molecule has 0 atom stereocenters. The Morgan fingerprint density at radius 3 is 1.48 bits per heavy atom. The third-order valence-electron chi connectivity index (χ3n) is 11.0. The van der Waals surface area contributed by atoms with E-state index in [0.29, 0.717) is 0 Å². The van der Waals surface area contributed by atoms with Crippen molar-refractivity contribution in [1.82, 2.24) is 4.57 Å². The van der Waals surface area contributed by atoms with Gasteiger partial charge in [0.2, 0.25) is 0 Å². The van der Waals surface area contributed by atoms with Crippen molar-refractivity contribution in [2.45, 2.75) is 19.3 Å². The molecule has 0 saturated heterocycles. The quantitative estimate of drug-likeness (QED) is 0.181. The fourth-order valence-electron chi connectivity index (χ4n) is 8.35. The van der Waals surface area contributed by atoms with Crippen molar-refractivity contribution in [1.29, 1.82) is 0 Å². The molecule has 0 amide bonds. The highest BCUT2D eigenvalue weighted by molar-refractivity contribution is 6.09. The van der Waals surface area contributed by atoms with Crippen LogP contribution in [0.25, 0.3) is 82.8 Å². The largest absolute Gasteiger partial charge is 0.309 e. The van der Waals surface area contributed by atoms with Crippen LogP contribution in [0, 0.1) is 0 Å². The molecule has 0 fully saturated rings. The predicted octanol–water partition coefficient (Wildman–Crippen LogP) is 13.2. The molecule has 1 aliphatic rings. The lowest BCUT2D eigenvalue weighted by Gasteiger charge is -2.23. The van der Waals surface area contributed by atoms with Gasteiger partial charge in [-0.2, -0.15) is 0 Å². The zero-order valence-electron chi connectivity index (χ0n) is 28.2. The topological polar surface area (TPSA) is 4.93 Å². The summed E-state index contributed by atoms with van der Waals surface area (Å²) < 4.78 is 2.38. The molecule has 50 heavy (non-hydrogen) atoms. The first-order valence-electron chi connectivity index (χ1n) is 17.5. The first kappa shape index (κ1) is 28.8. The van der Waals surface area contributed by atoms with Crippen LogP contribution < -0.4 is 0 Å². The molecule has 1 nitrogen and oxygen atoms in total. The van der Waals surface area contributed by atoms with Crippen LogP contribution in [0.15, 0.2) is 176 Å². The van der Waals surface area contributed by atoms with Gasteiger partial charge in [-0.05, 0) is 115 Å². The lowest BCUT2D eigenvalue weighted by Crippen LogP contribution is -2.15. The van der Waals surface area contributed by atoms with Gasteiger partial charge in [0, 0.05) is 21.9 Å². The predicted molar refractivity (Wildman–Crippen MR) is 212 cm³/mol. The Labute approximate surface area is 292 Å². The molecule has 0 bridgehead atoms. The molecule has 8 aromatic carbocycles. The zero-order chi connectivity index (χ0) is 33.4. The van der Waals surface area contributed by atoms with Crippen molar-refractivity contribution < 1.29 is 0 Å². The monoisotopic (exact) mass is 637 g/mol. The number of hydrogen-bond acceptors (Lipinski definition) is 0. The van der Waals surface area contributed by atoms with E-state index >= 15 is 0 Å². The summed E-state index contributed by atoms with van der Waals surface area (Å²) in [6.45, 7) is 4.75. The molecule has 0 N–H and O–H groups in total. The summed E-state index contributed by atoms with van der Waals surface area (Å²) in [6, 6.07) is 64.9. The summed E-state index contributed by atoms with van der Waals surface area (Å²) in [5.41, 5.74) is 16.5. The molecule has 9 aromatic rings. The summed E-state index contributed by atoms with van der Waals surface area (Å²) >= 11 is 0. The molecule has 236 valence electrons. The van der Waals surface area contributed by atoms with Gasteiger partial charge in [-0.1, -0.05) is 141 Å². The molecular formula is C49H35N. The van der Waals surface area contributed by atoms with E-state index < -0.39 is 0 Å². The molecular weight excluding hydrogens is 603 g/mol. The van der Waals surface area contributed by atoms with Crippen LogP contribution in [0.2, 0.25) is 0 Å². The number of aromatic nitrogens is 1. The Bertz CT molecular complexity index is 2720. The van der Waals surface area contributed by atoms with Crippen LogP contribution in [0.3, 0.4) is 0 Å². The van der Waals surface area contributed by atoms with Gasteiger partial charge in [0.1, 0.15) is 0 Å². The van der Waals surface area contributed by atoms with Crippen molar-refractivity contribution in [3.63, 3.8) is 0 Å². The van der Waals surface area contributed by atoms with Crippen molar-refractivity contribution in [2.75, 3.05) is 0 Å². The summed E-state index contributed by atoms with van der Waals surface area (Å²) in [4.78, 5) is 0. The number of hydrogen-bond donors (Lipinski definition) is 0. The summed E-state index contributed by atoms with van der Waals surface area (Å²) in [7, 11) is 0. The SMILES string of the molecule is CC1(C)c2cc(-c3ccc(-n4c5ccccc5c5ccccc54)cc3)ccc2-c2ccc(-c3cccc(-c4ccc5ccccc5c4)c3)cc21. The van der Waals surface area contributed by atoms with Crippen LogP contribution in [0.4, 0.5) is 0 Å². The number of fused-ring (bicyclic) bond motifs is 7. The van der Waals surface area contributed by atoms with Gasteiger partial charge in [0.25, 0.3) is 0 Å². The van der Waals surface area contributed by atoms with Gasteiger partial charge in [-0.15, -0.1) is 0 Å². The highest BCUT2D eigenvalue weighted by Crippen LogP contribution is 2.51. The maximum absolute atomic E-state index is 2.43. The highest BCUT2D eigenvalue weighted by atomic mass is 15.0. The number of benzene rings is 8. The van der Waals surface area contributed by atoms with E-state index in [1.165, 1.54) is 93.9 Å². The minimum absolute atomic E-state index is 0.116. The minimum Gasteiger partial charge on any atom is -0.309 e. The first-order valence-corrected chi connectivity index (χ1v) is 17.5. The maximum Gasteiger partial charge on any atom is 0.0541 e. The maximum atomic E-state index is 2.43. The number of rotatable bonds is 4. The summed E-state index contributed by atoms with van der Waals surface area (Å²) in [5.74, 6) is 0. The Morgan fingerprint density at radius 1 is 0.360 bits per heavy atom. The van der Waals surface area contributed by atoms with Crippen molar-refractivity contribution in [3.8, 4) is 50.2 Å². The van der Waals surface area contributed by atoms with Crippen LogP contribution in [0.5, 0.6) is 0 Å².